The lowest BCUT2D eigenvalue weighted by molar-refractivity contribution is -0.880. The first-order chi connectivity index (χ1) is 20.3. The molecule has 0 atom stereocenters. The van der Waals surface area contributed by atoms with Gasteiger partial charge in [0.15, 0.2) is 0 Å². The number of carbonyl (C=O) groups is 3. The monoisotopic (exact) mass is 595 g/mol. The molecule has 7 nitrogen and oxygen atoms in total. The van der Waals surface area contributed by atoms with E-state index in [1.54, 1.807) is 0 Å². The average Bonchev–Trinajstić information content (AvgIpc) is 2.94. The number of hydrogen-bond acceptors (Lipinski definition) is 4. The van der Waals surface area contributed by atoms with Gasteiger partial charge in [0.1, 0.15) is 0 Å². The summed E-state index contributed by atoms with van der Waals surface area (Å²) >= 11 is 0. The second-order valence-corrected chi connectivity index (χ2v) is 12.4. The summed E-state index contributed by atoms with van der Waals surface area (Å²) in [6.45, 7) is 4.64. The third kappa shape index (κ3) is 28.2. The first kappa shape index (κ1) is 40.1. The molecule has 0 rings (SSSR count). The summed E-state index contributed by atoms with van der Waals surface area (Å²) in [5.74, 6) is -2.61. The molecule has 0 bridgehead atoms. The zero-order chi connectivity index (χ0) is 31.2. The van der Waals surface area contributed by atoms with Crippen molar-refractivity contribution in [3.8, 4) is 0 Å². The van der Waals surface area contributed by atoms with Gasteiger partial charge in [0.2, 0.25) is 0 Å². The van der Waals surface area contributed by atoms with Crippen molar-refractivity contribution < 1.29 is 34.2 Å². The molecule has 0 aromatic carbocycles. The highest BCUT2D eigenvalue weighted by molar-refractivity contribution is 5.66. The van der Waals surface area contributed by atoms with Crippen LogP contribution in [0, 0.1) is 0 Å². The van der Waals surface area contributed by atoms with Crippen LogP contribution in [0.15, 0.2) is 12.3 Å². The number of hydrogen-bond donors (Lipinski definition) is 2. The largest absolute Gasteiger partial charge is 0.550 e. The van der Waals surface area contributed by atoms with Crippen molar-refractivity contribution in [3.63, 3.8) is 0 Å². The Balaban J connectivity index is 4.41. The number of carboxylic acid groups (broad SMARTS) is 3. The van der Waals surface area contributed by atoms with Gasteiger partial charge in [-0.3, -0.25) is 14.1 Å². The molecule has 0 aromatic rings. The molecule has 0 aliphatic rings. The fourth-order valence-corrected chi connectivity index (χ4v) is 5.77. The molecule has 0 aromatic heterocycles. The van der Waals surface area contributed by atoms with Crippen molar-refractivity contribution in [3.05, 3.63) is 12.3 Å². The van der Waals surface area contributed by atoms with Crippen molar-refractivity contribution in [1.82, 2.24) is 0 Å². The van der Waals surface area contributed by atoms with Crippen LogP contribution in [0.4, 0.5) is 0 Å². The lowest BCUT2D eigenvalue weighted by Crippen LogP contribution is -2.45. The van der Waals surface area contributed by atoms with Gasteiger partial charge in [-0.15, -0.1) is 0 Å². The summed E-state index contributed by atoms with van der Waals surface area (Å²) < 4.78 is 0.672. The van der Waals surface area contributed by atoms with Gasteiger partial charge in [0, 0.05) is 18.8 Å². The minimum Gasteiger partial charge on any atom is -0.550 e. The molecule has 0 unspecified atom stereocenters. The van der Waals surface area contributed by atoms with Gasteiger partial charge >= 0.3 is 11.9 Å². The molecule has 42 heavy (non-hydrogen) atoms. The minimum atomic E-state index is -1.03. The van der Waals surface area contributed by atoms with E-state index in [2.05, 4.69) is 19.2 Å². The molecule has 0 radical (unpaired) electrons. The first-order valence-electron chi connectivity index (χ1n) is 17.5. The van der Waals surface area contributed by atoms with E-state index in [0.717, 1.165) is 51.7 Å². The van der Waals surface area contributed by atoms with Crippen molar-refractivity contribution in [2.45, 2.75) is 174 Å². The van der Waals surface area contributed by atoms with Gasteiger partial charge < -0.3 is 20.1 Å². The van der Waals surface area contributed by atoms with E-state index < -0.39 is 17.9 Å². The normalized spacial score (nSPS) is 11.8. The SMILES string of the molecule is CCCCCCCCCCCCCCCCCC/C=C/[N+](CCCCC(=O)[O-])(CCCCC(=O)O)CCCCC(=O)O. The quantitative estimate of drug-likeness (QED) is 0.0581. The molecular weight excluding hydrogens is 530 g/mol. The van der Waals surface area contributed by atoms with Gasteiger partial charge in [0.05, 0.1) is 25.8 Å². The van der Waals surface area contributed by atoms with Gasteiger partial charge in [-0.1, -0.05) is 103 Å². The fraction of sp³-hybridized carbons (Fsp3) is 0.857. The third-order valence-electron chi connectivity index (χ3n) is 8.37. The van der Waals surface area contributed by atoms with Crippen LogP contribution in [-0.2, 0) is 14.4 Å². The number of carbonyl (C=O) groups excluding carboxylic acids is 1. The predicted molar refractivity (Wildman–Crippen MR) is 170 cm³/mol. The van der Waals surface area contributed by atoms with Crippen LogP contribution < -0.4 is 5.11 Å². The van der Waals surface area contributed by atoms with E-state index in [1.165, 1.54) is 96.3 Å². The van der Waals surface area contributed by atoms with Crippen LogP contribution in [0.25, 0.3) is 0 Å². The Bertz CT molecular complexity index is 638. The lowest BCUT2D eigenvalue weighted by atomic mass is 10.0. The van der Waals surface area contributed by atoms with E-state index in [9.17, 15) is 19.5 Å². The predicted octanol–water partition coefficient (Wildman–Crippen LogP) is 8.40. The average molecular weight is 596 g/mol. The highest BCUT2D eigenvalue weighted by atomic mass is 16.4. The number of allylic oxidation sites excluding steroid dienone is 1. The molecular formula is C35H65NO6. The van der Waals surface area contributed by atoms with Crippen molar-refractivity contribution >= 4 is 17.9 Å². The summed E-state index contributed by atoms with van der Waals surface area (Å²) in [4.78, 5) is 32.9. The second-order valence-electron chi connectivity index (χ2n) is 12.4. The standard InChI is InChI=1S/C35H65NO6/c1-2-3-4-5-6-7-8-9-10-11-12-13-14-15-16-17-18-22-29-36(30-23-19-26-33(37)38,31-24-20-27-34(39)40)32-25-21-28-35(41)42/h22,29H,2-21,23-28,30-32H2,1H3,(H2-,37,38,39,40,41,42)/b29-22+. The maximum atomic E-state index is 11.0. The summed E-state index contributed by atoms with van der Waals surface area (Å²) in [6.07, 6.45) is 31.5. The highest BCUT2D eigenvalue weighted by Gasteiger charge is 2.24. The molecule has 0 fully saturated rings. The minimum absolute atomic E-state index is 0.0426. The number of nitrogens with zero attached hydrogens (tertiary/aromatic N) is 1. The highest BCUT2D eigenvalue weighted by Crippen LogP contribution is 2.19. The number of quaternary nitrogens is 1. The Morgan fingerprint density at radius 2 is 0.881 bits per heavy atom. The molecule has 7 heteroatoms. The fourth-order valence-electron chi connectivity index (χ4n) is 5.77. The molecule has 0 amide bonds. The Labute approximate surface area is 257 Å². The Hall–Kier alpha value is -1.89. The summed E-state index contributed by atoms with van der Waals surface area (Å²) in [6, 6.07) is 0. The van der Waals surface area contributed by atoms with Crippen LogP contribution in [0.1, 0.15) is 174 Å². The van der Waals surface area contributed by atoms with Crippen LogP contribution in [-0.4, -0.2) is 52.2 Å². The van der Waals surface area contributed by atoms with E-state index >= 15 is 0 Å². The van der Waals surface area contributed by atoms with Crippen LogP contribution in [0.3, 0.4) is 0 Å². The van der Waals surface area contributed by atoms with Crippen molar-refractivity contribution in [2.75, 3.05) is 19.6 Å². The Morgan fingerprint density at radius 1 is 0.524 bits per heavy atom. The summed E-state index contributed by atoms with van der Waals surface area (Å²) in [7, 11) is 0. The summed E-state index contributed by atoms with van der Waals surface area (Å²) in [5, 5.41) is 28.9. The molecule has 0 saturated heterocycles. The van der Waals surface area contributed by atoms with Crippen LogP contribution >= 0.6 is 0 Å². The van der Waals surface area contributed by atoms with E-state index in [-0.39, 0.29) is 19.3 Å². The van der Waals surface area contributed by atoms with Crippen molar-refractivity contribution in [1.29, 1.82) is 0 Å². The van der Waals surface area contributed by atoms with Gasteiger partial charge in [-0.05, 0) is 63.9 Å². The third-order valence-corrected chi connectivity index (χ3v) is 8.37. The van der Waals surface area contributed by atoms with Gasteiger partial charge in [-0.25, -0.2) is 0 Å². The maximum Gasteiger partial charge on any atom is 0.303 e. The zero-order valence-electron chi connectivity index (χ0n) is 27.1. The van der Waals surface area contributed by atoms with Crippen LogP contribution in [0.2, 0.25) is 0 Å². The molecule has 0 spiro atoms. The molecule has 0 aliphatic heterocycles. The number of carboxylic acids is 3. The smallest absolute Gasteiger partial charge is 0.303 e. The Morgan fingerprint density at radius 3 is 1.24 bits per heavy atom. The van der Waals surface area contributed by atoms with E-state index in [1.807, 2.05) is 0 Å². The van der Waals surface area contributed by atoms with Crippen molar-refractivity contribution in [2.24, 2.45) is 0 Å². The van der Waals surface area contributed by atoms with Crippen LogP contribution in [0.5, 0.6) is 0 Å². The molecule has 0 aliphatic carbocycles. The first-order valence-corrected chi connectivity index (χ1v) is 17.5. The van der Waals surface area contributed by atoms with E-state index in [0.29, 0.717) is 23.7 Å². The van der Waals surface area contributed by atoms with Gasteiger partial charge in [0.25, 0.3) is 0 Å². The number of rotatable bonds is 33. The zero-order valence-corrected chi connectivity index (χ0v) is 27.1. The van der Waals surface area contributed by atoms with Gasteiger partial charge in [-0.2, -0.15) is 0 Å². The number of aliphatic carboxylic acids is 3. The molecule has 0 saturated carbocycles. The topological polar surface area (TPSA) is 115 Å². The Kier molecular flexibility index (Phi) is 27.9. The lowest BCUT2D eigenvalue weighted by Gasteiger charge is -2.35. The maximum absolute atomic E-state index is 11.0. The number of unbranched alkanes of at least 4 members (excludes halogenated alkanes) is 19. The van der Waals surface area contributed by atoms with E-state index in [4.69, 9.17) is 10.2 Å². The summed E-state index contributed by atoms with van der Waals surface area (Å²) in [5.41, 5.74) is 0. The molecule has 246 valence electrons. The second kappa shape index (κ2) is 29.2. The molecule has 2 N–H and O–H groups in total. The molecule has 0 heterocycles.